The van der Waals surface area contributed by atoms with E-state index < -0.39 is 6.10 Å². The molecule has 0 bridgehead atoms. The van der Waals surface area contributed by atoms with Gasteiger partial charge in [0.1, 0.15) is 5.75 Å². The quantitative estimate of drug-likeness (QED) is 0.875. The van der Waals surface area contributed by atoms with Gasteiger partial charge in [-0.1, -0.05) is 18.2 Å². The Hall–Kier alpha value is -1.87. The van der Waals surface area contributed by atoms with Crippen LogP contribution in [0, 0.1) is 0 Å². The largest absolute Gasteiger partial charge is 0.497 e. The highest BCUT2D eigenvalue weighted by atomic mass is 16.5. The molecule has 0 spiro atoms. The van der Waals surface area contributed by atoms with Gasteiger partial charge in [0.15, 0.2) is 0 Å². The predicted octanol–water partition coefficient (Wildman–Crippen LogP) is 2.37. The van der Waals surface area contributed by atoms with Gasteiger partial charge in [0.25, 0.3) is 0 Å². The van der Waals surface area contributed by atoms with Crippen molar-refractivity contribution in [3.8, 4) is 5.75 Å². The molecule has 1 aromatic heterocycles. The van der Waals surface area contributed by atoms with Crippen molar-refractivity contribution in [1.82, 2.24) is 4.98 Å². The molecule has 1 heterocycles. The minimum atomic E-state index is -0.580. The highest BCUT2D eigenvalue weighted by Crippen LogP contribution is 2.19. The number of aliphatic hydroxyl groups excluding tert-OH is 1. The lowest BCUT2D eigenvalue weighted by molar-refractivity contribution is 0.173. The van der Waals surface area contributed by atoms with Crippen LogP contribution < -0.4 is 4.74 Å². The van der Waals surface area contributed by atoms with E-state index in [0.717, 1.165) is 11.3 Å². The van der Waals surface area contributed by atoms with Crippen molar-refractivity contribution < 1.29 is 9.84 Å². The number of pyridine rings is 1. The Bertz CT molecular complexity index is 471. The van der Waals surface area contributed by atoms with Crippen molar-refractivity contribution >= 4 is 0 Å². The van der Waals surface area contributed by atoms with Gasteiger partial charge in [-0.15, -0.1) is 0 Å². The second-order valence-corrected chi connectivity index (χ2v) is 3.83. The molecule has 1 atom stereocenters. The number of aromatic nitrogens is 1. The second-order valence-electron chi connectivity index (χ2n) is 3.83. The first kappa shape index (κ1) is 11.6. The van der Waals surface area contributed by atoms with E-state index in [1.165, 1.54) is 0 Å². The molecule has 0 aliphatic carbocycles. The van der Waals surface area contributed by atoms with Crippen molar-refractivity contribution in [2.45, 2.75) is 12.5 Å². The summed E-state index contributed by atoms with van der Waals surface area (Å²) in [6.45, 7) is 0. The number of benzene rings is 1. The van der Waals surface area contributed by atoms with E-state index in [-0.39, 0.29) is 0 Å². The van der Waals surface area contributed by atoms with Crippen molar-refractivity contribution in [3.63, 3.8) is 0 Å². The van der Waals surface area contributed by atoms with Gasteiger partial charge in [0.05, 0.1) is 18.9 Å². The number of rotatable bonds is 4. The highest BCUT2D eigenvalue weighted by Gasteiger charge is 2.09. The molecule has 0 aliphatic heterocycles. The minimum Gasteiger partial charge on any atom is -0.497 e. The monoisotopic (exact) mass is 229 g/mol. The first-order valence-corrected chi connectivity index (χ1v) is 5.51. The van der Waals surface area contributed by atoms with Crippen molar-refractivity contribution in [3.05, 3.63) is 59.9 Å². The molecule has 1 aromatic carbocycles. The van der Waals surface area contributed by atoms with Crippen LogP contribution >= 0.6 is 0 Å². The van der Waals surface area contributed by atoms with Crippen LogP contribution in [-0.2, 0) is 6.42 Å². The average molecular weight is 229 g/mol. The Morgan fingerprint density at radius 1 is 1.24 bits per heavy atom. The van der Waals surface area contributed by atoms with Gasteiger partial charge in [-0.25, -0.2) is 0 Å². The zero-order chi connectivity index (χ0) is 12.1. The molecule has 0 amide bonds. The van der Waals surface area contributed by atoms with E-state index in [9.17, 15) is 5.11 Å². The van der Waals surface area contributed by atoms with Crippen LogP contribution in [0.3, 0.4) is 0 Å². The number of hydrogen-bond acceptors (Lipinski definition) is 3. The molecule has 0 radical (unpaired) electrons. The van der Waals surface area contributed by atoms with Gasteiger partial charge in [-0.3, -0.25) is 4.98 Å². The number of aliphatic hydroxyl groups is 1. The Morgan fingerprint density at radius 3 is 2.82 bits per heavy atom. The lowest BCUT2D eigenvalue weighted by Gasteiger charge is -2.10. The van der Waals surface area contributed by atoms with Gasteiger partial charge in [-0.2, -0.15) is 0 Å². The Kier molecular flexibility index (Phi) is 3.73. The van der Waals surface area contributed by atoms with E-state index >= 15 is 0 Å². The smallest absolute Gasteiger partial charge is 0.119 e. The number of hydrogen-bond donors (Lipinski definition) is 1. The Balaban J connectivity index is 2.10. The summed E-state index contributed by atoms with van der Waals surface area (Å²) in [5, 5.41) is 10.0. The summed E-state index contributed by atoms with van der Waals surface area (Å²) >= 11 is 0. The first-order chi connectivity index (χ1) is 8.29. The lowest BCUT2D eigenvalue weighted by Crippen LogP contribution is -2.03. The van der Waals surface area contributed by atoms with E-state index in [1.54, 1.807) is 13.3 Å². The van der Waals surface area contributed by atoms with Gasteiger partial charge >= 0.3 is 0 Å². The van der Waals surface area contributed by atoms with Crippen LogP contribution in [0.25, 0.3) is 0 Å². The SMILES string of the molecule is COc1cccc(CC(O)c2ccccn2)c1. The van der Waals surface area contributed by atoms with Gasteiger partial charge in [-0.05, 0) is 29.8 Å². The van der Waals surface area contributed by atoms with Crippen LogP contribution in [-0.4, -0.2) is 17.2 Å². The number of nitrogens with zero attached hydrogens (tertiary/aromatic N) is 1. The molecule has 2 rings (SSSR count). The molecule has 0 saturated carbocycles. The lowest BCUT2D eigenvalue weighted by atomic mass is 10.1. The van der Waals surface area contributed by atoms with Crippen LogP contribution in [0.5, 0.6) is 5.75 Å². The Morgan fingerprint density at radius 2 is 2.12 bits per heavy atom. The fraction of sp³-hybridized carbons (Fsp3) is 0.214. The summed E-state index contributed by atoms with van der Waals surface area (Å²) in [6, 6.07) is 13.2. The average Bonchev–Trinajstić information content (AvgIpc) is 2.40. The summed E-state index contributed by atoms with van der Waals surface area (Å²) in [5.74, 6) is 0.802. The molecule has 0 fully saturated rings. The molecule has 3 nitrogen and oxygen atoms in total. The summed E-state index contributed by atoms with van der Waals surface area (Å²) in [4.78, 5) is 4.14. The topological polar surface area (TPSA) is 42.4 Å². The molecule has 88 valence electrons. The Labute approximate surface area is 101 Å². The molecular formula is C14H15NO2. The first-order valence-electron chi connectivity index (χ1n) is 5.51. The van der Waals surface area contributed by atoms with Crippen LogP contribution in [0.2, 0.25) is 0 Å². The van der Waals surface area contributed by atoms with Crippen LogP contribution in [0.15, 0.2) is 48.7 Å². The summed E-state index contributed by atoms with van der Waals surface area (Å²) in [6.07, 6.45) is 1.64. The van der Waals surface area contributed by atoms with Crippen molar-refractivity contribution in [1.29, 1.82) is 0 Å². The fourth-order valence-corrected chi connectivity index (χ4v) is 1.70. The molecule has 0 saturated heterocycles. The molecule has 1 unspecified atom stereocenters. The number of ether oxygens (including phenoxy) is 1. The molecule has 3 heteroatoms. The molecule has 2 aromatic rings. The normalized spacial score (nSPS) is 12.1. The summed E-state index contributed by atoms with van der Waals surface area (Å²) in [5.41, 5.74) is 1.72. The zero-order valence-corrected chi connectivity index (χ0v) is 9.71. The third-order valence-electron chi connectivity index (χ3n) is 2.59. The standard InChI is InChI=1S/C14H15NO2/c1-17-12-6-4-5-11(9-12)10-14(16)13-7-2-3-8-15-13/h2-9,14,16H,10H2,1H3. The van der Waals surface area contributed by atoms with Crippen LogP contribution in [0.4, 0.5) is 0 Å². The minimum absolute atomic E-state index is 0.536. The van der Waals surface area contributed by atoms with Crippen molar-refractivity contribution in [2.24, 2.45) is 0 Å². The maximum atomic E-state index is 10.0. The molecular weight excluding hydrogens is 214 g/mol. The molecule has 0 aliphatic rings. The van der Waals surface area contributed by atoms with E-state index in [2.05, 4.69) is 4.98 Å². The summed E-state index contributed by atoms with van der Waals surface area (Å²) in [7, 11) is 1.63. The third kappa shape index (κ3) is 3.04. The zero-order valence-electron chi connectivity index (χ0n) is 9.71. The van der Waals surface area contributed by atoms with Crippen molar-refractivity contribution in [2.75, 3.05) is 7.11 Å². The highest BCUT2D eigenvalue weighted by molar-refractivity contribution is 5.29. The van der Waals surface area contributed by atoms with E-state index in [4.69, 9.17) is 4.74 Å². The number of methoxy groups -OCH3 is 1. The molecule has 17 heavy (non-hydrogen) atoms. The van der Waals surface area contributed by atoms with Gasteiger partial charge in [0, 0.05) is 12.6 Å². The maximum absolute atomic E-state index is 10.0. The third-order valence-corrected chi connectivity index (χ3v) is 2.59. The maximum Gasteiger partial charge on any atom is 0.119 e. The van der Waals surface area contributed by atoms with Gasteiger partial charge < -0.3 is 9.84 Å². The molecule has 1 N–H and O–H groups in total. The predicted molar refractivity (Wildman–Crippen MR) is 65.9 cm³/mol. The van der Waals surface area contributed by atoms with Crippen LogP contribution in [0.1, 0.15) is 17.4 Å². The van der Waals surface area contributed by atoms with E-state index in [0.29, 0.717) is 12.1 Å². The summed E-state index contributed by atoms with van der Waals surface area (Å²) < 4.78 is 5.14. The second kappa shape index (κ2) is 5.46. The fourth-order valence-electron chi connectivity index (χ4n) is 1.70. The van der Waals surface area contributed by atoms with E-state index in [1.807, 2.05) is 42.5 Å². The van der Waals surface area contributed by atoms with Gasteiger partial charge in [0.2, 0.25) is 0 Å².